The molecule has 0 atom stereocenters. The van der Waals surface area contributed by atoms with Gasteiger partial charge in [0.25, 0.3) is 0 Å². The molecule has 0 bridgehead atoms. The van der Waals surface area contributed by atoms with Gasteiger partial charge >= 0.3 is 19.3 Å². The van der Waals surface area contributed by atoms with Gasteiger partial charge in [0.05, 0.1) is 17.2 Å². The van der Waals surface area contributed by atoms with Crippen LogP contribution in [0.3, 0.4) is 0 Å². The highest BCUT2D eigenvalue weighted by molar-refractivity contribution is 7.01. The first-order chi connectivity index (χ1) is 6.10. The Morgan fingerprint density at radius 3 is 2.62 bits per heavy atom. The molecule has 0 amide bonds. The summed E-state index contributed by atoms with van der Waals surface area (Å²) in [6.45, 7) is 3.71. The van der Waals surface area contributed by atoms with E-state index in [0.29, 0.717) is 0 Å². The molecule has 0 unspecified atom stereocenters. The van der Waals surface area contributed by atoms with E-state index < -0.39 is 24.7 Å². The maximum atomic E-state index is 8.87. The molecule has 64 valence electrons. The Balaban J connectivity index is 3.00. The van der Waals surface area contributed by atoms with Crippen LogP contribution in [0.4, 0.5) is 0 Å². The van der Waals surface area contributed by atoms with E-state index in [0.717, 1.165) is 9.39 Å². The van der Waals surface area contributed by atoms with Crippen LogP contribution in [0.1, 0.15) is 19.5 Å². The molecule has 0 aliphatic heterocycles. The highest BCUT2D eigenvalue weighted by Crippen LogP contribution is 2.18. The molecule has 1 aromatic rings. The summed E-state index contributed by atoms with van der Waals surface area (Å²) in [5.41, 5.74) is 0.296. The van der Waals surface area contributed by atoms with E-state index in [2.05, 4.69) is 11.1 Å². The molecule has 0 spiro atoms. The van der Waals surface area contributed by atoms with Crippen LogP contribution in [-0.2, 0) is 5.41 Å². The van der Waals surface area contributed by atoms with Gasteiger partial charge < -0.3 is 9.07 Å². The summed E-state index contributed by atoms with van der Waals surface area (Å²) in [5.74, 6) is 0. The minimum Gasteiger partial charge on any atom is -0.336 e. The molecule has 1 aromatic heterocycles. The number of nitriles is 1. The van der Waals surface area contributed by atoms with Crippen LogP contribution >= 0.6 is 9.07 Å². The molecule has 4 heteroatoms. The van der Waals surface area contributed by atoms with Crippen LogP contribution in [0.5, 0.6) is 0 Å². The van der Waals surface area contributed by atoms with Gasteiger partial charge in [-0.15, -0.1) is 3.69 Å². The standard InChI is InChI=1S/C9H9N2.ClH.Mg/c1-9(2,7-10)8-5-3-4-6-11-8;;/h3,5-6H,1-2H3;1H;/q;;+1/p-1. The molecule has 0 saturated heterocycles. The van der Waals surface area contributed by atoms with E-state index in [-0.39, 0.29) is 0 Å². The van der Waals surface area contributed by atoms with Gasteiger partial charge in [0.1, 0.15) is 0 Å². The van der Waals surface area contributed by atoms with Crippen LogP contribution in [0.25, 0.3) is 0 Å². The van der Waals surface area contributed by atoms with Crippen molar-refractivity contribution >= 4 is 32.0 Å². The summed E-state index contributed by atoms with van der Waals surface area (Å²) < 4.78 is 1.11. The molecular formula is C9H9ClMgN2. The Bertz CT molecular complexity index is 326. The first-order valence-electron chi connectivity index (χ1n) is 4.03. The lowest BCUT2D eigenvalue weighted by Gasteiger charge is -2.14. The third-order valence-electron chi connectivity index (χ3n) is 1.90. The molecule has 0 N–H and O–H groups in total. The van der Waals surface area contributed by atoms with Gasteiger partial charge in [0.2, 0.25) is 0 Å². The quantitative estimate of drug-likeness (QED) is 0.683. The molecule has 0 fully saturated rings. The van der Waals surface area contributed by atoms with Gasteiger partial charge in [-0.1, -0.05) is 6.07 Å². The Hall–Kier alpha value is -0.304. The molecule has 0 saturated carbocycles. The maximum absolute atomic E-state index is 8.87. The minimum atomic E-state index is -0.648. The minimum absolute atomic E-state index is 0.508. The van der Waals surface area contributed by atoms with Crippen LogP contribution in [-0.4, -0.2) is 24.2 Å². The van der Waals surface area contributed by atoms with E-state index in [1.165, 1.54) is 0 Å². The number of pyridine rings is 1. The number of hydrogen-bond acceptors (Lipinski definition) is 2. The number of rotatable bonds is 2. The topological polar surface area (TPSA) is 36.7 Å². The van der Waals surface area contributed by atoms with Crippen LogP contribution in [0.2, 0.25) is 0 Å². The Morgan fingerprint density at radius 2 is 2.23 bits per heavy atom. The molecule has 2 nitrogen and oxygen atoms in total. The molecule has 0 radical (unpaired) electrons. The molecular weight excluding hydrogens is 196 g/mol. The lowest BCUT2D eigenvalue weighted by Crippen LogP contribution is -2.19. The van der Waals surface area contributed by atoms with E-state index >= 15 is 0 Å². The van der Waals surface area contributed by atoms with Crippen LogP contribution < -0.4 is 3.69 Å². The number of halogens is 1. The Morgan fingerprint density at radius 1 is 1.54 bits per heavy atom. The molecule has 13 heavy (non-hydrogen) atoms. The van der Waals surface area contributed by atoms with Crippen molar-refractivity contribution < 1.29 is 0 Å². The van der Waals surface area contributed by atoms with Gasteiger partial charge in [-0.05, 0) is 19.9 Å². The van der Waals surface area contributed by atoms with Crippen molar-refractivity contribution in [3.8, 4) is 6.07 Å². The fourth-order valence-corrected chi connectivity index (χ4v) is 1.77. The first kappa shape index (κ1) is 10.8. The van der Waals surface area contributed by atoms with Crippen molar-refractivity contribution in [3.05, 3.63) is 24.0 Å². The maximum Gasteiger partial charge on any atom is 0.540 e. The first-order valence-corrected chi connectivity index (χ1v) is 6.87. The van der Waals surface area contributed by atoms with Gasteiger partial charge in [0, 0.05) is 6.20 Å². The number of hydrogen-bond donors (Lipinski definition) is 0. The zero-order chi connectivity index (χ0) is 9.90. The molecule has 0 aromatic carbocycles. The average Bonchev–Trinajstić information content (AvgIpc) is 2.18. The van der Waals surface area contributed by atoms with Gasteiger partial charge in [-0.25, -0.2) is 0 Å². The summed E-state index contributed by atoms with van der Waals surface area (Å²) in [4.78, 5) is 4.22. The Kier molecular flexibility index (Phi) is 3.54. The lowest BCUT2D eigenvalue weighted by atomic mass is 9.91. The largest absolute Gasteiger partial charge is 0.540 e. The molecule has 1 heterocycles. The summed E-state index contributed by atoms with van der Waals surface area (Å²) >= 11 is -0.648. The molecule has 0 aliphatic carbocycles. The molecule has 1 rings (SSSR count). The van der Waals surface area contributed by atoms with Gasteiger partial charge in [-0.2, -0.15) is 5.26 Å². The third-order valence-corrected chi connectivity index (χ3v) is 3.55. The summed E-state index contributed by atoms with van der Waals surface area (Å²) in [5, 5.41) is 8.87. The second-order valence-corrected chi connectivity index (χ2v) is 5.31. The third kappa shape index (κ3) is 2.57. The van der Waals surface area contributed by atoms with Crippen LogP contribution in [0.15, 0.2) is 18.3 Å². The normalized spacial score (nSPS) is 10.3. The second kappa shape index (κ2) is 4.27. The highest BCUT2D eigenvalue weighted by Gasteiger charge is 2.20. The van der Waals surface area contributed by atoms with Crippen molar-refractivity contribution in [2.45, 2.75) is 19.3 Å². The second-order valence-electron chi connectivity index (χ2n) is 3.42. The summed E-state index contributed by atoms with van der Waals surface area (Å²) in [7, 11) is 5.76. The highest BCUT2D eigenvalue weighted by atomic mass is 35.5. The van der Waals surface area contributed by atoms with E-state index in [4.69, 9.17) is 14.3 Å². The van der Waals surface area contributed by atoms with Crippen molar-refractivity contribution in [1.29, 1.82) is 5.26 Å². The van der Waals surface area contributed by atoms with Gasteiger partial charge in [-0.3, -0.25) is 4.98 Å². The van der Waals surface area contributed by atoms with Crippen molar-refractivity contribution in [1.82, 2.24) is 4.98 Å². The monoisotopic (exact) mass is 204 g/mol. The zero-order valence-corrected chi connectivity index (χ0v) is 9.88. The number of nitrogens with zero attached hydrogens (tertiary/aromatic N) is 2. The molecule has 0 aliphatic rings. The SMILES string of the molecule is CC(C)(C#N)c1cc[c]([Mg][Cl])cn1. The zero-order valence-electron chi connectivity index (χ0n) is 7.71. The van der Waals surface area contributed by atoms with E-state index in [1.807, 2.05) is 26.0 Å². The lowest BCUT2D eigenvalue weighted by molar-refractivity contribution is 0.660. The van der Waals surface area contributed by atoms with E-state index in [9.17, 15) is 0 Å². The average molecular weight is 205 g/mol. The van der Waals surface area contributed by atoms with Crippen molar-refractivity contribution in [2.75, 3.05) is 0 Å². The number of aromatic nitrogens is 1. The predicted octanol–water partition coefficient (Wildman–Crippen LogP) is 1.37. The van der Waals surface area contributed by atoms with Crippen LogP contribution in [0, 0.1) is 11.3 Å². The van der Waals surface area contributed by atoms with Gasteiger partial charge in [0.15, 0.2) is 0 Å². The fraction of sp³-hybridized carbons (Fsp3) is 0.333. The predicted molar refractivity (Wildman–Crippen MR) is 54.1 cm³/mol. The summed E-state index contributed by atoms with van der Waals surface area (Å²) in [6, 6.07) is 6.05. The van der Waals surface area contributed by atoms with Crippen molar-refractivity contribution in [2.24, 2.45) is 0 Å². The Labute approximate surface area is 91.4 Å². The smallest absolute Gasteiger partial charge is 0.336 e. The van der Waals surface area contributed by atoms with E-state index in [1.54, 1.807) is 6.20 Å². The fourth-order valence-electron chi connectivity index (χ4n) is 0.931. The summed E-state index contributed by atoms with van der Waals surface area (Å²) in [6.07, 6.45) is 1.77. The van der Waals surface area contributed by atoms with Crippen molar-refractivity contribution in [3.63, 3.8) is 0 Å².